The summed E-state index contributed by atoms with van der Waals surface area (Å²) in [7, 11) is 0. The summed E-state index contributed by atoms with van der Waals surface area (Å²) < 4.78 is 25.8. The lowest BCUT2D eigenvalue weighted by molar-refractivity contribution is 0.294. The average Bonchev–Trinajstić information content (AvgIpc) is 3.39. The third kappa shape index (κ3) is 26.3. The van der Waals surface area contributed by atoms with Crippen LogP contribution in [0, 0.1) is 31.8 Å². The minimum Gasteiger partial charge on any atom is -0.493 e. The van der Waals surface area contributed by atoms with Crippen LogP contribution in [-0.4, -0.2) is 26.4 Å². The van der Waals surface area contributed by atoms with E-state index in [0.29, 0.717) is 48.8 Å². The summed E-state index contributed by atoms with van der Waals surface area (Å²) in [5.41, 5.74) is 6.29. The molecule has 0 heterocycles. The van der Waals surface area contributed by atoms with Crippen LogP contribution < -0.4 is 18.9 Å². The molecule has 72 heavy (non-hydrogen) atoms. The molecule has 6 heteroatoms. The third-order valence-corrected chi connectivity index (χ3v) is 14.0. The maximum atomic E-state index is 10.5. The molecule has 0 aromatic heterocycles. The number of nitriles is 1. The van der Waals surface area contributed by atoms with E-state index in [1.54, 1.807) is 0 Å². The lowest BCUT2D eigenvalue weighted by Crippen LogP contribution is -2.03. The predicted molar refractivity (Wildman–Crippen MR) is 310 cm³/mol. The van der Waals surface area contributed by atoms with Gasteiger partial charge >= 0.3 is 0 Å². The number of benzene rings is 3. The molecule has 0 aliphatic rings. The molecule has 398 valence electrons. The quantitative estimate of drug-likeness (QED) is 0.0321. The maximum absolute atomic E-state index is 10.5. The zero-order chi connectivity index (χ0) is 51.7. The van der Waals surface area contributed by atoms with Crippen molar-refractivity contribution in [2.24, 2.45) is 0 Å². The van der Waals surface area contributed by atoms with Crippen molar-refractivity contribution < 1.29 is 18.9 Å². The van der Waals surface area contributed by atoms with Crippen LogP contribution in [0.25, 0.3) is 29.1 Å². The minimum absolute atomic E-state index is 0.481. The maximum Gasteiger partial charge on any atom is 0.194 e. The second-order valence-electron chi connectivity index (χ2n) is 20.5. The Bertz CT molecular complexity index is 1890. The van der Waals surface area contributed by atoms with Crippen LogP contribution in [0.15, 0.2) is 36.4 Å². The molecular weight excluding hydrogens is 885 g/mol. The fraction of sp³-hybridized carbons (Fsp3) is 0.636. The number of rotatable bonds is 44. The molecule has 0 bridgehead atoms. The number of hydrogen-bond acceptors (Lipinski definition) is 5. The van der Waals surface area contributed by atoms with E-state index in [0.717, 1.165) is 83.8 Å². The fourth-order valence-corrected chi connectivity index (χ4v) is 9.29. The first-order valence-electron chi connectivity index (χ1n) is 29.5. The van der Waals surface area contributed by atoms with Gasteiger partial charge in [-0.1, -0.05) is 232 Å². The van der Waals surface area contributed by atoms with Crippen LogP contribution in [0.3, 0.4) is 0 Å². The van der Waals surface area contributed by atoms with Crippen molar-refractivity contribution in [1.29, 1.82) is 5.26 Å². The molecule has 0 saturated carbocycles. The highest BCUT2D eigenvalue weighted by Gasteiger charge is 2.13. The van der Waals surface area contributed by atoms with Gasteiger partial charge in [0.25, 0.3) is 0 Å². The van der Waals surface area contributed by atoms with E-state index in [1.165, 1.54) is 167 Å². The van der Waals surface area contributed by atoms with E-state index < -0.39 is 0 Å². The van der Waals surface area contributed by atoms with Crippen LogP contribution in [0.5, 0.6) is 23.0 Å². The molecular formula is C66H100N2O4. The van der Waals surface area contributed by atoms with Gasteiger partial charge in [-0.15, -0.1) is 0 Å². The van der Waals surface area contributed by atoms with Gasteiger partial charge in [0.05, 0.1) is 44.6 Å². The zero-order valence-electron chi connectivity index (χ0n) is 46.8. The first-order chi connectivity index (χ1) is 35.4. The molecule has 0 atom stereocenters. The van der Waals surface area contributed by atoms with E-state index in [-0.39, 0.29) is 0 Å². The molecule has 3 aromatic carbocycles. The van der Waals surface area contributed by atoms with Crippen LogP contribution in [0.1, 0.15) is 272 Å². The second-order valence-corrected chi connectivity index (χ2v) is 20.5. The van der Waals surface area contributed by atoms with Gasteiger partial charge in [0.2, 0.25) is 0 Å². The molecule has 3 rings (SSSR count). The highest BCUT2D eigenvalue weighted by atomic mass is 16.5. The van der Waals surface area contributed by atoms with Crippen LogP contribution >= 0.6 is 0 Å². The summed E-state index contributed by atoms with van der Waals surface area (Å²) in [6, 6.07) is 14.5. The summed E-state index contributed by atoms with van der Waals surface area (Å²) in [5.74, 6) is 3.35. The van der Waals surface area contributed by atoms with Gasteiger partial charge < -0.3 is 18.9 Å². The Balaban J connectivity index is 1.84. The van der Waals surface area contributed by atoms with Crippen molar-refractivity contribution in [3.05, 3.63) is 86.8 Å². The molecule has 0 unspecified atom stereocenters. The fourth-order valence-electron chi connectivity index (χ4n) is 9.29. The van der Waals surface area contributed by atoms with Crippen molar-refractivity contribution in [2.75, 3.05) is 26.4 Å². The first kappa shape index (κ1) is 61.6. The standard InChI is InChI=1S/C66H100N2O4/c1-8-12-16-20-24-28-32-36-44-69-63-52-59(65(48-55(63)5)71-46-38-34-30-26-22-18-14-10-3)42-40-57-51-62(68-7)58(50-61(57)54-67)41-43-60-53-64(70-45-37-33-29-25-21-17-13-9-2)56(6)49-66(60)72-47-39-35-31-27-23-19-15-11-4/h40-43,48-53H,8-39,44-47H2,1-6H3. The van der Waals surface area contributed by atoms with E-state index in [9.17, 15) is 5.26 Å². The molecule has 0 amide bonds. The summed E-state index contributed by atoms with van der Waals surface area (Å²) in [6.07, 6.45) is 47.9. The van der Waals surface area contributed by atoms with Crippen molar-refractivity contribution in [3.8, 4) is 29.1 Å². The predicted octanol–water partition coefficient (Wildman–Crippen LogP) is 21.1. The van der Waals surface area contributed by atoms with Crippen molar-refractivity contribution >= 4 is 30.0 Å². The van der Waals surface area contributed by atoms with E-state index in [4.69, 9.17) is 25.5 Å². The minimum atomic E-state index is 0.481. The van der Waals surface area contributed by atoms with Crippen molar-refractivity contribution in [2.45, 2.75) is 247 Å². The topological polar surface area (TPSA) is 65.1 Å². The number of unbranched alkanes of at least 4 members (excludes halogenated alkanes) is 28. The molecule has 0 saturated heterocycles. The molecule has 0 radical (unpaired) electrons. The Hall–Kier alpha value is -4.68. The highest BCUT2D eigenvalue weighted by molar-refractivity contribution is 5.84. The number of nitrogens with zero attached hydrogens (tertiary/aromatic N) is 2. The average molecular weight is 986 g/mol. The van der Waals surface area contributed by atoms with Gasteiger partial charge in [0.1, 0.15) is 23.0 Å². The van der Waals surface area contributed by atoms with Gasteiger partial charge in [-0.05, 0) is 98.2 Å². The Kier molecular flexibility index (Phi) is 34.9. The van der Waals surface area contributed by atoms with E-state index >= 15 is 0 Å². The number of aryl methyl sites for hydroxylation is 2. The number of hydrogen-bond donors (Lipinski definition) is 0. The Morgan fingerprint density at radius 1 is 0.375 bits per heavy atom. The molecule has 3 aromatic rings. The normalized spacial score (nSPS) is 11.4. The summed E-state index contributed by atoms with van der Waals surface area (Å²) in [5, 5.41) is 10.5. The van der Waals surface area contributed by atoms with Gasteiger partial charge in [0, 0.05) is 11.1 Å². The lowest BCUT2D eigenvalue weighted by atomic mass is 10.00. The van der Waals surface area contributed by atoms with Gasteiger partial charge in [0.15, 0.2) is 5.69 Å². The van der Waals surface area contributed by atoms with Crippen molar-refractivity contribution in [3.63, 3.8) is 0 Å². The van der Waals surface area contributed by atoms with Gasteiger partial charge in [-0.3, -0.25) is 0 Å². The van der Waals surface area contributed by atoms with Gasteiger partial charge in [-0.25, -0.2) is 4.85 Å². The van der Waals surface area contributed by atoms with Crippen LogP contribution in [-0.2, 0) is 0 Å². The van der Waals surface area contributed by atoms with Crippen LogP contribution in [0.2, 0.25) is 0 Å². The molecule has 0 aliphatic heterocycles. The smallest absolute Gasteiger partial charge is 0.194 e. The Morgan fingerprint density at radius 2 is 0.667 bits per heavy atom. The molecule has 6 nitrogen and oxygen atoms in total. The molecule has 0 N–H and O–H groups in total. The second kappa shape index (κ2) is 40.8. The Morgan fingerprint density at radius 3 is 0.986 bits per heavy atom. The molecule has 0 fully saturated rings. The van der Waals surface area contributed by atoms with E-state index in [2.05, 4.69) is 76.7 Å². The van der Waals surface area contributed by atoms with Gasteiger partial charge in [-0.2, -0.15) is 5.26 Å². The summed E-state index contributed by atoms with van der Waals surface area (Å²) >= 11 is 0. The third-order valence-electron chi connectivity index (χ3n) is 14.0. The van der Waals surface area contributed by atoms with Crippen LogP contribution in [0.4, 0.5) is 5.69 Å². The van der Waals surface area contributed by atoms with E-state index in [1.807, 2.05) is 36.4 Å². The highest BCUT2D eigenvalue weighted by Crippen LogP contribution is 2.35. The SMILES string of the molecule is [C-]#[N+]c1cc(C=Cc2cc(OCCCCCCCCCC)c(C)cc2OCCCCCCCCCC)c(C#N)cc1C=Cc1cc(OCCCCCCCCCC)c(C)cc1OCCCCCCCCCC. The molecule has 0 aliphatic carbocycles. The number of ether oxygens (including phenoxy) is 4. The first-order valence-corrected chi connectivity index (χ1v) is 29.5. The summed E-state index contributed by atoms with van der Waals surface area (Å²) in [6.45, 7) is 24.2. The molecule has 0 spiro atoms. The van der Waals surface area contributed by atoms with Crippen molar-refractivity contribution in [1.82, 2.24) is 0 Å². The Labute approximate surface area is 441 Å². The lowest BCUT2D eigenvalue weighted by Gasteiger charge is -2.15. The summed E-state index contributed by atoms with van der Waals surface area (Å²) in [4.78, 5) is 3.97. The largest absolute Gasteiger partial charge is 0.493 e. The monoisotopic (exact) mass is 985 g/mol. The zero-order valence-corrected chi connectivity index (χ0v) is 46.8.